The number of hydrogen-bond acceptors (Lipinski definition) is 2. The van der Waals surface area contributed by atoms with Crippen LogP contribution in [0, 0.1) is 0 Å². The van der Waals surface area contributed by atoms with Crippen molar-refractivity contribution in [3.05, 3.63) is 0 Å². The summed E-state index contributed by atoms with van der Waals surface area (Å²) in [5.41, 5.74) is 0. The van der Waals surface area contributed by atoms with Crippen LogP contribution in [0.2, 0.25) is 0 Å². The molecule has 0 spiro atoms. The Morgan fingerprint density at radius 2 is 2.27 bits per heavy atom. The fourth-order valence-electron chi connectivity index (χ4n) is 0.858. The Morgan fingerprint density at radius 3 is 2.73 bits per heavy atom. The third-order valence-corrected chi connectivity index (χ3v) is 1.59. The highest BCUT2D eigenvalue weighted by atomic mass is 16.3. The topological polar surface area (TPSA) is 49.3 Å². The van der Waals surface area contributed by atoms with Crippen LogP contribution in [0.15, 0.2) is 0 Å². The van der Waals surface area contributed by atoms with Crippen molar-refractivity contribution in [2.24, 2.45) is 0 Å². The Labute approximate surface area is 67.8 Å². The quantitative estimate of drug-likeness (QED) is 0.619. The molecule has 3 nitrogen and oxygen atoms in total. The van der Waals surface area contributed by atoms with E-state index in [2.05, 4.69) is 12.2 Å². The van der Waals surface area contributed by atoms with E-state index in [0.29, 0.717) is 0 Å². The van der Waals surface area contributed by atoms with E-state index in [0.717, 1.165) is 19.3 Å². The van der Waals surface area contributed by atoms with Gasteiger partial charge in [-0.1, -0.05) is 19.8 Å². The maximum Gasteiger partial charge on any atom is 0.222 e. The second kappa shape index (κ2) is 6.16. The molecule has 0 aliphatic rings. The van der Waals surface area contributed by atoms with Crippen molar-refractivity contribution in [1.29, 1.82) is 0 Å². The fraction of sp³-hybridized carbons (Fsp3) is 0.875. The van der Waals surface area contributed by atoms with Crippen molar-refractivity contribution < 1.29 is 9.90 Å². The van der Waals surface area contributed by atoms with Crippen molar-refractivity contribution in [2.75, 3.05) is 7.05 Å². The summed E-state index contributed by atoms with van der Waals surface area (Å²) in [6, 6.07) is 0. The molecule has 0 aliphatic carbocycles. The summed E-state index contributed by atoms with van der Waals surface area (Å²) in [5.74, 6) is -0.0893. The standard InChI is InChI=1S/C8H17NO2/c1-3-4-5-7(10)6-8(11)9-2/h7,10H,3-6H2,1-2H3,(H,9,11). The minimum atomic E-state index is -0.463. The van der Waals surface area contributed by atoms with Crippen molar-refractivity contribution >= 4 is 5.91 Å². The SMILES string of the molecule is CCCCC(O)CC(=O)NC. The number of aliphatic hydroxyl groups is 1. The number of amides is 1. The van der Waals surface area contributed by atoms with Crippen LogP contribution in [0.5, 0.6) is 0 Å². The molecule has 0 aromatic heterocycles. The largest absolute Gasteiger partial charge is 0.393 e. The van der Waals surface area contributed by atoms with Gasteiger partial charge in [0.15, 0.2) is 0 Å². The molecular formula is C8H17NO2. The molecule has 3 heteroatoms. The van der Waals surface area contributed by atoms with Gasteiger partial charge in [-0.15, -0.1) is 0 Å². The Bertz CT molecular complexity index is 115. The summed E-state index contributed by atoms with van der Waals surface area (Å²) in [6.45, 7) is 2.06. The third kappa shape index (κ3) is 5.85. The first-order chi connectivity index (χ1) is 5.20. The minimum Gasteiger partial charge on any atom is -0.393 e. The van der Waals surface area contributed by atoms with Crippen LogP contribution < -0.4 is 5.32 Å². The Morgan fingerprint density at radius 1 is 1.64 bits per heavy atom. The van der Waals surface area contributed by atoms with Crippen LogP contribution in [0.25, 0.3) is 0 Å². The first-order valence-corrected chi connectivity index (χ1v) is 4.09. The smallest absolute Gasteiger partial charge is 0.222 e. The number of unbranched alkanes of at least 4 members (excludes halogenated alkanes) is 1. The number of nitrogens with one attached hydrogen (secondary N) is 1. The van der Waals surface area contributed by atoms with Gasteiger partial charge < -0.3 is 10.4 Å². The van der Waals surface area contributed by atoms with Gasteiger partial charge in [-0.25, -0.2) is 0 Å². The zero-order valence-electron chi connectivity index (χ0n) is 7.26. The van der Waals surface area contributed by atoms with E-state index in [1.807, 2.05) is 0 Å². The molecule has 0 radical (unpaired) electrons. The van der Waals surface area contributed by atoms with E-state index in [-0.39, 0.29) is 12.3 Å². The number of carbonyl (C=O) groups excluding carboxylic acids is 1. The van der Waals surface area contributed by atoms with Gasteiger partial charge in [0.1, 0.15) is 0 Å². The fourth-order valence-corrected chi connectivity index (χ4v) is 0.858. The van der Waals surface area contributed by atoms with Gasteiger partial charge in [0.05, 0.1) is 12.5 Å². The van der Waals surface area contributed by atoms with E-state index in [4.69, 9.17) is 0 Å². The zero-order chi connectivity index (χ0) is 8.69. The van der Waals surface area contributed by atoms with Gasteiger partial charge in [-0.2, -0.15) is 0 Å². The van der Waals surface area contributed by atoms with Crippen LogP contribution in [-0.2, 0) is 4.79 Å². The summed E-state index contributed by atoms with van der Waals surface area (Å²) in [7, 11) is 1.58. The van der Waals surface area contributed by atoms with Crippen LogP contribution in [0.1, 0.15) is 32.6 Å². The molecule has 1 unspecified atom stereocenters. The van der Waals surface area contributed by atoms with Gasteiger partial charge in [0.2, 0.25) is 5.91 Å². The van der Waals surface area contributed by atoms with E-state index in [9.17, 15) is 9.90 Å². The van der Waals surface area contributed by atoms with Crippen molar-refractivity contribution in [1.82, 2.24) is 5.32 Å². The Kier molecular flexibility index (Phi) is 5.84. The van der Waals surface area contributed by atoms with Crippen molar-refractivity contribution in [3.8, 4) is 0 Å². The van der Waals surface area contributed by atoms with Gasteiger partial charge >= 0.3 is 0 Å². The number of hydrogen-bond donors (Lipinski definition) is 2. The molecule has 0 heterocycles. The molecule has 0 bridgehead atoms. The van der Waals surface area contributed by atoms with Crippen LogP contribution in [0.3, 0.4) is 0 Å². The molecule has 0 rings (SSSR count). The molecule has 66 valence electrons. The molecule has 0 fully saturated rings. The molecule has 1 atom stereocenters. The summed E-state index contributed by atoms with van der Waals surface area (Å²) >= 11 is 0. The summed E-state index contributed by atoms with van der Waals surface area (Å²) in [5, 5.41) is 11.7. The molecular weight excluding hydrogens is 142 g/mol. The van der Waals surface area contributed by atoms with Crippen LogP contribution >= 0.6 is 0 Å². The monoisotopic (exact) mass is 159 g/mol. The van der Waals surface area contributed by atoms with Gasteiger partial charge in [-0.3, -0.25) is 4.79 Å². The Balaban J connectivity index is 3.35. The molecule has 0 aliphatic heterocycles. The summed E-state index contributed by atoms with van der Waals surface area (Å²) < 4.78 is 0. The second-order valence-electron chi connectivity index (χ2n) is 2.67. The van der Waals surface area contributed by atoms with Crippen LogP contribution in [0.4, 0.5) is 0 Å². The molecule has 0 aromatic rings. The van der Waals surface area contributed by atoms with Crippen LogP contribution in [-0.4, -0.2) is 24.2 Å². The highest BCUT2D eigenvalue weighted by molar-refractivity contribution is 5.75. The highest BCUT2D eigenvalue weighted by Crippen LogP contribution is 2.03. The third-order valence-electron chi connectivity index (χ3n) is 1.59. The summed E-state index contributed by atoms with van der Waals surface area (Å²) in [6.07, 6.45) is 2.54. The zero-order valence-corrected chi connectivity index (χ0v) is 7.26. The second-order valence-corrected chi connectivity index (χ2v) is 2.67. The van der Waals surface area contributed by atoms with Crippen molar-refractivity contribution in [2.45, 2.75) is 38.7 Å². The average molecular weight is 159 g/mol. The number of carbonyl (C=O) groups is 1. The molecule has 0 saturated heterocycles. The lowest BCUT2D eigenvalue weighted by Crippen LogP contribution is -2.23. The molecule has 1 amide bonds. The number of aliphatic hydroxyl groups excluding tert-OH is 1. The maximum atomic E-state index is 10.7. The first kappa shape index (κ1) is 10.4. The molecule has 2 N–H and O–H groups in total. The molecule has 0 aromatic carbocycles. The predicted octanol–water partition coefficient (Wildman–Crippen LogP) is 0.674. The predicted molar refractivity (Wildman–Crippen MR) is 44.2 cm³/mol. The highest BCUT2D eigenvalue weighted by Gasteiger charge is 2.07. The lowest BCUT2D eigenvalue weighted by Gasteiger charge is -2.07. The van der Waals surface area contributed by atoms with E-state index < -0.39 is 6.10 Å². The van der Waals surface area contributed by atoms with E-state index in [1.54, 1.807) is 7.05 Å². The number of rotatable bonds is 5. The van der Waals surface area contributed by atoms with Gasteiger partial charge in [0, 0.05) is 7.05 Å². The lowest BCUT2D eigenvalue weighted by atomic mass is 10.1. The van der Waals surface area contributed by atoms with Gasteiger partial charge in [-0.05, 0) is 6.42 Å². The normalized spacial score (nSPS) is 12.6. The Hall–Kier alpha value is -0.570. The molecule has 0 saturated carbocycles. The summed E-state index contributed by atoms with van der Waals surface area (Å²) in [4.78, 5) is 10.7. The minimum absolute atomic E-state index is 0.0893. The maximum absolute atomic E-state index is 10.7. The first-order valence-electron chi connectivity index (χ1n) is 4.09. The van der Waals surface area contributed by atoms with E-state index in [1.165, 1.54) is 0 Å². The van der Waals surface area contributed by atoms with Crippen molar-refractivity contribution in [3.63, 3.8) is 0 Å². The molecule has 11 heavy (non-hydrogen) atoms. The van der Waals surface area contributed by atoms with E-state index >= 15 is 0 Å². The lowest BCUT2D eigenvalue weighted by molar-refractivity contribution is -0.122. The van der Waals surface area contributed by atoms with Gasteiger partial charge in [0.25, 0.3) is 0 Å². The average Bonchev–Trinajstić information content (AvgIpc) is 2.00.